The lowest BCUT2D eigenvalue weighted by Crippen LogP contribution is -2.26. The molecule has 17 heavy (non-hydrogen) atoms. The highest BCUT2D eigenvalue weighted by atomic mass is 35.5. The van der Waals surface area contributed by atoms with Gasteiger partial charge in [0.1, 0.15) is 5.76 Å². The van der Waals surface area contributed by atoms with Crippen molar-refractivity contribution in [2.75, 3.05) is 0 Å². The fourth-order valence-electron chi connectivity index (χ4n) is 1.14. The zero-order chi connectivity index (χ0) is 13.0. The Labute approximate surface area is 102 Å². The number of carboxylic acids is 2. The van der Waals surface area contributed by atoms with Gasteiger partial charge in [0, 0.05) is 5.57 Å². The van der Waals surface area contributed by atoms with E-state index in [9.17, 15) is 19.8 Å². The van der Waals surface area contributed by atoms with E-state index in [1.165, 1.54) is 19.1 Å². The minimum Gasteiger partial charge on any atom is -0.545 e. The van der Waals surface area contributed by atoms with Gasteiger partial charge in [-0.25, -0.2) is 0 Å². The molecule has 1 heterocycles. The normalized spacial score (nSPS) is 12.6. The fraction of sp³-hybridized carbons (Fsp3) is 0.0909. The summed E-state index contributed by atoms with van der Waals surface area (Å²) in [4.78, 5) is 21.1. The molecule has 1 rings (SSSR count). The molecule has 0 aromatic carbocycles. The van der Waals surface area contributed by atoms with Crippen LogP contribution in [0.1, 0.15) is 12.7 Å². The van der Waals surface area contributed by atoms with Crippen molar-refractivity contribution in [1.82, 2.24) is 0 Å². The molecule has 0 aliphatic carbocycles. The van der Waals surface area contributed by atoms with Crippen LogP contribution in [0.4, 0.5) is 0 Å². The van der Waals surface area contributed by atoms with E-state index < -0.39 is 11.9 Å². The third-order valence-corrected chi connectivity index (χ3v) is 2.06. The lowest BCUT2D eigenvalue weighted by atomic mass is 10.1. The summed E-state index contributed by atoms with van der Waals surface area (Å²) in [5, 5.41) is 21.2. The molecular formula is C11H7ClO5-2. The van der Waals surface area contributed by atoms with Gasteiger partial charge in [-0.2, -0.15) is 0 Å². The monoisotopic (exact) mass is 254 g/mol. The molecule has 0 spiro atoms. The summed E-state index contributed by atoms with van der Waals surface area (Å²) in [6, 6.07) is 2.87. The Morgan fingerprint density at radius 3 is 2.41 bits per heavy atom. The van der Waals surface area contributed by atoms with Gasteiger partial charge in [-0.15, -0.1) is 0 Å². The van der Waals surface area contributed by atoms with E-state index in [2.05, 4.69) is 0 Å². The molecule has 5 nitrogen and oxygen atoms in total. The van der Waals surface area contributed by atoms with Gasteiger partial charge in [-0.3, -0.25) is 0 Å². The number of carbonyl (C=O) groups is 2. The predicted molar refractivity (Wildman–Crippen MR) is 55.5 cm³/mol. The van der Waals surface area contributed by atoms with E-state index in [0.29, 0.717) is 6.08 Å². The van der Waals surface area contributed by atoms with E-state index in [-0.39, 0.29) is 22.1 Å². The third-order valence-electron chi connectivity index (χ3n) is 1.86. The molecule has 0 amide bonds. The topological polar surface area (TPSA) is 93.4 Å². The minimum atomic E-state index is -1.52. The molecular weight excluding hydrogens is 248 g/mol. The maximum Gasteiger partial charge on any atom is 0.193 e. The van der Waals surface area contributed by atoms with Crippen molar-refractivity contribution in [2.24, 2.45) is 0 Å². The van der Waals surface area contributed by atoms with Gasteiger partial charge in [0.15, 0.2) is 5.22 Å². The lowest BCUT2D eigenvalue weighted by molar-refractivity contribution is -0.298. The Hall–Kier alpha value is -2.01. The quantitative estimate of drug-likeness (QED) is 0.546. The highest BCUT2D eigenvalue weighted by molar-refractivity contribution is 6.28. The van der Waals surface area contributed by atoms with Gasteiger partial charge in [-0.05, 0) is 48.4 Å². The average Bonchev–Trinajstić information content (AvgIpc) is 2.58. The zero-order valence-corrected chi connectivity index (χ0v) is 9.48. The predicted octanol–water partition coefficient (Wildman–Crippen LogP) is -0.238. The van der Waals surface area contributed by atoms with E-state index in [0.717, 1.165) is 6.08 Å². The van der Waals surface area contributed by atoms with Crippen LogP contribution < -0.4 is 10.2 Å². The van der Waals surface area contributed by atoms with E-state index >= 15 is 0 Å². The van der Waals surface area contributed by atoms with Crippen LogP contribution in [0.5, 0.6) is 0 Å². The smallest absolute Gasteiger partial charge is 0.193 e. The summed E-state index contributed by atoms with van der Waals surface area (Å²) in [5.41, 5.74) is -0.335. The molecule has 1 aromatic heterocycles. The van der Waals surface area contributed by atoms with Crippen molar-refractivity contribution in [3.63, 3.8) is 0 Å². The Morgan fingerprint density at radius 2 is 2.00 bits per heavy atom. The molecule has 0 saturated heterocycles. The summed E-state index contributed by atoms with van der Waals surface area (Å²) in [5.74, 6) is -2.83. The van der Waals surface area contributed by atoms with Crippen LogP contribution in [0.15, 0.2) is 33.8 Å². The summed E-state index contributed by atoms with van der Waals surface area (Å²) in [6.07, 6.45) is 1.78. The largest absolute Gasteiger partial charge is 0.545 e. The van der Waals surface area contributed by atoms with Crippen molar-refractivity contribution in [1.29, 1.82) is 0 Å². The number of hydrogen-bond acceptors (Lipinski definition) is 5. The Balaban J connectivity index is 3.14. The average molecular weight is 255 g/mol. The molecule has 0 aliphatic heterocycles. The van der Waals surface area contributed by atoms with Crippen LogP contribution in [0.2, 0.25) is 5.22 Å². The van der Waals surface area contributed by atoms with E-state index in [1.807, 2.05) is 0 Å². The number of aliphatic carboxylic acids is 2. The third kappa shape index (κ3) is 3.81. The fourth-order valence-corrected chi connectivity index (χ4v) is 1.29. The van der Waals surface area contributed by atoms with Crippen LogP contribution in [0, 0.1) is 0 Å². The first-order valence-corrected chi connectivity index (χ1v) is 4.86. The molecule has 0 atom stereocenters. The second kappa shape index (κ2) is 5.36. The Bertz CT molecular complexity index is 510. The Kier molecular flexibility index (Phi) is 4.12. The number of carbonyl (C=O) groups excluding carboxylic acids is 2. The van der Waals surface area contributed by atoms with Crippen LogP contribution >= 0.6 is 11.6 Å². The SMILES string of the molecule is CC(=C\C(=O)[O-])/C(=C\c1ccc(Cl)o1)C(=O)[O-]. The van der Waals surface area contributed by atoms with Crippen LogP contribution in [-0.2, 0) is 9.59 Å². The van der Waals surface area contributed by atoms with Crippen molar-refractivity contribution < 1.29 is 24.2 Å². The summed E-state index contributed by atoms with van der Waals surface area (Å²) in [7, 11) is 0. The summed E-state index contributed by atoms with van der Waals surface area (Å²) < 4.78 is 4.93. The van der Waals surface area contributed by atoms with Gasteiger partial charge < -0.3 is 24.2 Å². The second-order valence-electron chi connectivity index (χ2n) is 3.13. The lowest BCUT2D eigenvalue weighted by Gasteiger charge is -2.09. The zero-order valence-electron chi connectivity index (χ0n) is 8.73. The maximum absolute atomic E-state index is 10.8. The Morgan fingerprint density at radius 1 is 1.35 bits per heavy atom. The molecule has 0 fully saturated rings. The molecule has 0 radical (unpaired) electrons. The van der Waals surface area contributed by atoms with E-state index in [1.54, 1.807) is 0 Å². The number of furan rings is 1. The summed E-state index contributed by atoms with van der Waals surface area (Å²) in [6.45, 7) is 1.31. The summed E-state index contributed by atoms with van der Waals surface area (Å²) >= 11 is 5.51. The van der Waals surface area contributed by atoms with Gasteiger partial charge in [-0.1, -0.05) is 0 Å². The van der Waals surface area contributed by atoms with Crippen molar-refractivity contribution >= 4 is 29.6 Å². The van der Waals surface area contributed by atoms with Crippen LogP contribution in [-0.4, -0.2) is 11.9 Å². The molecule has 0 N–H and O–H groups in total. The number of carboxylic acid groups (broad SMARTS) is 2. The van der Waals surface area contributed by atoms with Gasteiger partial charge in [0.05, 0.1) is 11.9 Å². The van der Waals surface area contributed by atoms with Gasteiger partial charge in [0.25, 0.3) is 0 Å². The molecule has 0 aliphatic rings. The molecule has 1 aromatic rings. The first-order chi connectivity index (χ1) is 7.90. The molecule has 90 valence electrons. The molecule has 6 heteroatoms. The van der Waals surface area contributed by atoms with E-state index in [4.69, 9.17) is 16.0 Å². The van der Waals surface area contributed by atoms with Crippen molar-refractivity contribution in [3.8, 4) is 0 Å². The first-order valence-electron chi connectivity index (χ1n) is 4.48. The van der Waals surface area contributed by atoms with Crippen LogP contribution in [0.25, 0.3) is 6.08 Å². The molecule has 0 unspecified atom stereocenters. The maximum atomic E-state index is 10.8. The second-order valence-corrected chi connectivity index (χ2v) is 3.51. The van der Waals surface area contributed by atoms with Crippen molar-refractivity contribution in [3.05, 3.63) is 40.3 Å². The standard InChI is InChI=1S/C11H9ClO5/c1-6(4-10(13)14)8(11(15)16)5-7-2-3-9(12)17-7/h2-5H,1H3,(H,13,14)(H,15,16)/p-2/b6-4+,8-5+. The van der Waals surface area contributed by atoms with Crippen molar-refractivity contribution in [2.45, 2.75) is 6.92 Å². The van der Waals surface area contributed by atoms with Gasteiger partial charge in [0.2, 0.25) is 0 Å². The number of halogens is 1. The number of rotatable bonds is 4. The van der Waals surface area contributed by atoms with Gasteiger partial charge >= 0.3 is 0 Å². The number of hydrogen-bond donors (Lipinski definition) is 0. The molecule has 0 saturated carbocycles. The minimum absolute atomic E-state index is 0.0162. The highest BCUT2D eigenvalue weighted by Gasteiger charge is 2.04. The first kappa shape index (κ1) is 13.1. The highest BCUT2D eigenvalue weighted by Crippen LogP contribution is 2.18. The van der Waals surface area contributed by atoms with Crippen LogP contribution in [0.3, 0.4) is 0 Å². The molecule has 0 bridgehead atoms.